The van der Waals surface area contributed by atoms with Crippen molar-refractivity contribution < 1.29 is 33.4 Å². The van der Waals surface area contributed by atoms with Gasteiger partial charge in [0.05, 0.1) is 18.2 Å². The molecule has 4 amide bonds. The number of benzene rings is 1. The number of allylic oxidation sites excluding steroid dienone is 2. The standard InChI is InChI=1S/C45H65N5O7S/c1-12-29(4)39-43(54)50-24-14-15-36(50)44(55)57-37(45(6,7)8)25-28(3)16-19-32(13-2)40-46-33(27-58-40)20-23-38(51)47-35(26-31-17-21-34(56-11)22-18-31)42(53)48(9)30(5)41(52)49(39)10/h13,17-23,28-30,33,35-37,39H,2,12,14-16,24-27H2,1,3-11H3,(H,47,51)/b23-20+,32-19+/t28-,29-,30-,33-,35-,36-,37-,39-/m0/s1. The van der Waals surface area contributed by atoms with E-state index in [0.717, 1.165) is 16.2 Å². The fourth-order valence-electron chi connectivity index (χ4n) is 7.60. The molecule has 1 N–H and O–H groups in total. The topological polar surface area (TPSA) is 138 Å². The number of hydrogen-bond acceptors (Lipinski definition) is 9. The van der Waals surface area contributed by atoms with Gasteiger partial charge in [0.25, 0.3) is 0 Å². The third kappa shape index (κ3) is 11.6. The molecule has 0 aliphatic carbocycles. The van der Waals surface area contributed by atoms with E-state index in [9.17, 15) is 24.0 Å². The molecule has 4 rings (SSSR count). The summed E-state index contributed by atoms with van der Waals surface area (Å²) in [6.45, 7) is 18.2. The Kier molecular flexibility index (Phi) is 16.4. The SMILES string of the molecule is C=C/C1=C\C[C@H](C)C[C@@H](C(C)(C)C)OC(=O)[C@@H]2CCCN2C(=O)[C@H]([C@@H](C)CC)N(C)C(=O)[C@H](C)N(C)C(=O)[C@H](Cc2ccc(OC)cc2)NC(=O)/C=C/[C@H]2CSC1=N2. The molecule has 3 aliphatic heterocycles. The molecule has 0 unspecified atom stereocenters. The zero-order valence-corrected chi connectivity index (χ0v) is 37.0. The Morgan fingerprint density at radius 3 is 2.36 bits per heavy atom. The minimum Gasteiger partial charge on any atom is -0.497 e. The Morgan fingerprint density at radius 1 is 1.05 bits per heavy atom. The Bertz CT molecular complexity index is 1750. The van der Waals surface area contributed by atoms with Crippen LogP contribution in [-0.4, -0.2) is 119 Å². The van der Waals surface area contributed by atoms with E-state index in [4.69, 9.17) is 14.5 Å². The Balaban J connectivity index is 1.74. The number of hydrogen-bond donors (Lipinski definition) is 1. The summed E-state index contributed by atoms with van der Waals surface area (Å²) in [6, 6.07) is 3.32. The summed E-state index contributed by atoms with van der Waals surface area (Å²) in [5, 5.41) is 3.72. The molecule has 1 aromatic carbocycles. The average molecular weight is 820 g/mol. The molecule has 0 spiro atoms. The van der Waals surface area contributed by atoms with Crippen molar-refractivity contribution in [2.45, 2.75) is 123 Å². The molecule has 8 atom stereocenters. The van der Waals surface area contributed by atoms with E-state index in [-0.39, 0.29) is 35.6 Å². The number of aliphatic imine (C=N–C) groups is 1. The number of cyclic esters (lactones) is 1. The van der Waals surface area contributed by atoms with Gasteiger partial charge < -0.3 is 29.5 Å². The number of carbonyl (C=O) groups is 5. The fraction of sp³-hybridized carbons (Fsp3) is 0.600. The van der Waals surface area contributed by atoms with Gasteiger partial charge in [0.15, 0.2) is 0 Å². The molecule has 1 saturated heterocycles. The fourth-order valence-corrected chi connectivity index (χ4v) is 8.66. The lowest BCUT2D eigenvalue weighted by Gasteiger charge is -2.39. The molecule has 12 nitrogen and oxygen atoms in total. The number of carbonyl (C=O) groups excluding carboxylic acids is 5. The van der Waals surface area contributed by atoms with Crippen molar-refractivity contribution in [2.24, 2.45) is 22.2 Å². The van der Waals surface area contributed by atoms with Crippen LogP contribution in [-0.2, 0) is 35.1 Å². The van der Waals surface area contributed by atoms with Gasteiger partial charge in [-0.25, -0.2) is 4.79 Å². The Morgan fingerprint density at radius 2 is 1.74 bits per heavy atom. The van der Waals surface area contributed by atoms with Gasteiger partial charge in [-0.05, 0) is 67.6 Å². The number of esters is 1. The Labute approximate surface area is 349 Å². The van der Waals surface area contributed by atoms with Gasteiger partial charge in [-0.15, -0.1) is 11.8 Å². The minimum absolute atomic E-state index is 0.150. The molecule has 0 saturated carbocycles. The van der Waals surface area contributed by atoms with Gasteiger partial charge in [0.2, 0.25) is 23.6 Å². The molecule has 1 fully saturated rings. The van der Waals surface area contributed by atoms with Gasteiger partial charge in [0, 0.05) is 44.5 Å². The van der Waals surface area contributed by atoms with Crippen molar-refractivity contribution in [1.82, 2.24) is 20.0 Å². The first kappa shape index (κ1) is 46.3. The van der Waals surface area contributed by atoms with Gasteiger partial charge in [-0.1, -0.05) is 84.9 Å². The lowest BCUT2D eigenvalue weighted by molar-refractivity contribution is -0.166. The molecule has 1 aromatic rings. The number of rotatable bonds is 6. The number of amides is 4. The number of nitrogens with one attached hydrogen (secondary N) is 1. The highest BCUT2D eigenvalue weighted by Crippen LogP contribution is 2.33. The van der Waals surface area contributed by atoms with E-state index in [2.05, 4.69) is 45.7 Å². The number of nitrogens with zero attached hydrogens (tertiary/aromatic N) is 4. The van der Waals surface area contributed by atoms with Crippen molar-refractivity contribution in [3.05, 3.63) is 66.3 Å². The molecular formula is C45H65N5O7S. The van der Waals surface area contributed by atoms with Crippen LogP contribution >= 0.6 is 11.8 Å². The molecule has 318 valence electrons. The van der Waals surface area contributed by atoms with Crippen LogP contribution in [0.4, 0.5) is 0 Å². The third-order valence-electron chi connectivity index (χ3n) is 11.7. The van der Waals surface area contributed by atoms with Crippen LogP contribution < -0.4 is 10.1 Å². The summed E-state index contributed by atoms with van der Waals surface area (Å²) in [4.78, 5) is 79.9. The summed E-state index contributed by atoms with van der Waals surface area (Å²) in [6.07, 6.45) is 9.83. The second-order valence-corrected chi connectivity index (χ2v) is 18.1. The lowest BCUT2D eigenvalue weighted by atomic mass is 9.83. The maximum absolute atomic E-state index is 14.6. The number of ether oxygens (including phenoxy) is 2. The molecule has 0 aromatic heterocycles. The highest BCUT2D eigenvalue weighted by atomic mass is 32.2. The number of likely N-dealkylation sites (N-methyl/N-ethyl adjacent to an activating group) is 2. The largest absolute Gasteiger partial charge is 0.497 e. The maximum Gasteiger partial charge on any atom is 0.329 e. The summed E-state index contributed by atoms with van der Waals surface area (Å²) in [5.74, 6) is -0.911. The van der Waals surface area contributed by atoms with E-state index >= 15 is 0 Å². The van der Waals surface area contributed by atoms with Gasteiger partial charge in [0.1, 0.15) is 36.0 Å². The van der Waals surface area contributed by atoms with Gasteiger partial charge in [-0.2, -0.15) is 0 Å². The normalized spacial score (nSPS) is 29.6. The first-order valence-corrected chi connectivity index (χ1v) is 21.6. The molecule has 0 radical (unpaired) electrons. The van der Waals surface area contributed by atoms with Crippen molar-refractivity contribution in [3.8, 4) is 5.75 Å². The van der Waals surface area contributed by atoms with E-state index in [1.807, 2.05) is 26.0 Å². The zero-order chi connectivity index (χ0) is 42.9. The van der Waals surface area contributed by atoms with Crippen LogP contribution in [0.15, 0.2) is 65.7 Å². The van der Waals surface area contributed by atoms with Crippen LogP contribution in [0.3, 0.4) is 0 Å². The quantitative estimate of drug-likeness (QED) is 0.345. The van der Waals surface area contributed by atoms with E-state index in [1.54, 1.807) is 62.0 Å². The van der Waals surface area contributed by atoms with Crippen molar-refractivity contribution in [3.63, 3.8) is 0 Å². The van der Waals surface area contributed by atoms with Gasteiger partial charge >= 0.3 is 5.97 Å². The van der Waals surface area contributed by atoms with Crippen LogP contribution in [0.25, 0.3) is 0 Å². The monoisotopic (exact) mass is 819 g/mol. The number of methoxy groups -OCH3 is 1. The summed E-state index contributed by atoms with van der Waals surface area (Å²) in [5.41, 5.74) is 1.33. The third-order valence-corrected chi connectivity index (χ3v) is 12.8. The average Bonchev–Trinajstić information content (AvgIpc) is 3.89. The lowest BCUT2D eigenvalue weighted by Crippen LogP contribution is -2.59. The maximum atomic E-state index is 14.6. The van der Waals surface area contributed by atoms with E-state index in [1.165, 1.54) is 22.9 Å². The van der Waals surface area contributed by atoms with Gasteiger partial charge in [-0.3, -0.25) is 24.2 Å². The van der Waals surface area contributed by atoms with E-state index in [0.29, 0.717) is 50.2 Å². The Hall–Kier alpha value is -4.39. The van der Waals surface area contributed by atoms with Crippen molar-refractivity contribution >= 4 is 46.4 Å². The molecule has 58 heavy (non-hydrogen) atoms. The summed E-state index contributed by atoms with van der Waals surface area (Å²) < 4.78 is 11.6. The molecule has 13 heteroatoms. The van der Waals surface area contributed by atoms with Crippen molar-refractivity contribution in [2.75, 3.05) is 33.5 Å². The predicted molar refractivity (Wildman–Crippen MR) is 230 cm³/mol. The first-order valence-electron chi connectivity index (χ1n) is 20.6. The molecular weight excluding hydrogens is 755 g/mol. The smallest absolute Gasteiger partial charge is 0.329 e. The van der Waals surface area contributed by atoms with Crippen LogP contribution in [0.1, 0.15) is 86.1 Å². The molecule has 3 heterocycles. The highest BCUT2D eigenvalue weighted by molar-refractivity contribution is 8.14. The summed E-state index contributed by atoms with van der Waals surface area (Å²) in [7, 11) is 4.69. The molecule has 2 bridgehead atoms. The van der Waals surface area contributed by atoms with E-state index < -0.39 is 54.0 Å². The number of fused-ring (bicyclic) bond motifs is 2. The minimum atomic E-state index is -1.01. The first-order chi connectivity index (χ1) is 27.4. The highest BCUT2D eigenvalue weighted by Gasteiger charge is 2.44. The second-order valence-electron chi connectivity index (χ2n) is 17.1. The zero-order valence-electron chi connectivity index (χ0n) is 36.2. The van der Waals surface area contributed by atoms with Crippen molar-refractivity contribution in [1.29, 1.82) is 0 Å². The predicted octanol–water partition coefficient (Wildman–Crippen LogP) is 6.00. The summed E-state index contributed by atoms with van der Waals surface area (Å²) >= 11 is 1.59. The van der Waals surface area contributed by atoms with Crippen LogP contribution in [0.5, 0.6) is 5.75 Å². The van der Waals surface area contributed by atoms with Crippen LogP contribution in [0.2, 0.25) is 0 Å². The van der Waals surface area contributed by atoms with Crippen LogP contribution in [0, 0.1) is 17.3 Å². The number of thioether (sulfide) groups is 1. The molecule has 3 aliphatic rings. The second kappa shape index (κ2) is 20.5.